The third-order valence-corrected chi connectivity index (χ3v) is 7.14. The SMILES string of the molecule is CC(C)CS(=O)(=O)C1CN(C(=O)Cc2ccc(-c3ccccc3)cc2)C1. The quantitative estimate of drug-likeness (QED) is 0.784. The lowest BCUT2D eigenvalue weighted by molar-refractivity contribution is -0.133. The predicted octanol–water partition coefficient (Wildman–Crippen LogP) is 3.18. The first kappa shape index (κ1) is 18.6. The molecule has 0 saturated carbocycles. The van der Waals surface area contributed by atoms with Crippen molar-refractivity contribution < 1.29 is 13.2 Å². The van der Waals surface area contributed by atoms with E-state index in [0.29, 0.717) is 19.5 Å². The Bertz CT molecular complexity index is 852. The van der Waals surface area contributed by atoms with Gasteiger partial charge in [-0.15, -0.1) is 0 Å². The highest BCUT2D eigenvalue weighted by Gasteiger charge is 2.39. The normalized spacial score (nSPS) is 15.1. The summed E-state index contributed by atoms with van der Waals surface area (Å²) in [7, 11) is -3.09. The Labute approximate surface area is 155 Å². The van der Waals surface area contributed by atoms with E-state index in [1.807, 2.05) is 56.3 Å². The van der Waals surface area contributed by atoms with Crippen molar-refractivity contribution in [2.75, 3.05) is 18.8 Å². The van der Waals surface area contributed by atoms with Gasteiger partial charge in [0, 0.05) is 13.1 Å². The molecule has 2 aromatic rings. The van der Waals surface area contributed by atoms with Crippen molar-refractivity contribution in [1.82, 2.24) is 4.90 Å². The smallest absolute Gasteiger partial charge is 0.227 e. The van der Waals surface area contributed by atoms with Gasteiger partial charge in [0.15, 0.2) is 9.84 Å². The Kier molecular flexibility index (Phi) is 5.47. The van der Waals surface area contributed by atoms with E-state index >= 15 is 0 Å². The summed E-state index contributed by atoms with van der Waals surface area (Å²) in [6, 6.07) is 18.1. The van der Waals surface area contributed by atoms with E-state index in [0.717, 1.165) is 16.7 Å². The standard InChI is InChI=1S/C21H25NO3S/c1-16(2)15-26(24,25)20-13-22(14-20)21(23)12-17-8-10-19(11-9-17)18-6-4-3-5-7-18/h3-11,16,20H,12-15H2,1-2H3. The molecular formula is C21H25NO3S. The van der Waals surface area contributed by atoms with E-state index in [2.05, 4.69) is 12.1 Å². The molecule has 138 valence electrons. The van der Waals surface area contributed by atoms with Crippen LogP contribution in [0.3, 0.4) is 0 Å². The number of benzene rings is 2. The van der Waals surface area contributed by atoms with Gasteiger partial charge in [0.05, 0.1) is 17.4 Å². The van der Waals surface area contributed by atoms with Crippen LogP contribution in [0.25, 0.3) is 11.1 Å². The summed E-state index contributed by atoms with van der Waals surface area (Å²) in [4.78, 5) is 14.0. The number of carbonyl (C=O) groups is 1. The predicted molar refractivity (Wildman–Crippen MR) is 105 cm³/mol. The van der Waals surface area contributed by atoms with Gasteiger partial charge in [0.2, 0.25) is 5.91 Å². The largest absolute Gasteiger partial charge is 0.340 e. The zero-order valence-corrected chi connectivity index (χ0v) is 16.1. The lowest BCUT2D eigenvalue weighted by Gasteiger charge is -2.39. The lowest BCUT2D eigenvalue weighted by Crippen LogP contribution is -2.58. The van der Waals surface area contributed by atoms with Crippen LogP contribution >= 0.6 is 0 Å². The topological polar surface area (TPSA) is 54.5 Å². The first-order chi connectivity index (χ1) is 12.3. The summed E-state index contributed by atoms with van der Waals surface area (Å²) in [6.07, 6.45) is 0.312. The minimum Gasteiger partial charge on any atom is -0.340 e. The van der Waals surface area contributed by atoms with E-state index in [4.69, 9.17) is 0 Å². The molecule has 0 N–H and O–H groups in total. The first-order valence-corrected chi connectivity index (χ1v) is 10.7. The molecule has 1 amide bonds. The molecule has 0 bridgehead atoms. The molecule has 0 atom stereocenters. The minimum atomic E-state index is -3.09. The van der Waals surface area contributed by atoms with Crippen molar-refractivity contribution in [3.63, 3.8) is 0 Å². The number of sulfone groups is 1. The van der Waals surface area contributed by atoms with Gasteiger partial charge >= 0.3 is 0 Å². The van der Waals surface area contributed by atoms with Crippen LogP contribution in [-0.2, 0) is 21.1 Å². The molecule has 0 aromatic heterocycles. The average Bonchev–Trinajstić information content (AvgIpc) is 2.53. The van der Waals surface area contributed by atoms with Crippen molar-refractivity contribution in [3.8, 4) is 11.1 Å². The molecule has 1 saturated heterocycles. The van der Waals surface area contributed by atoms with Crippen LogP contribution in [0, 0.1) is 5.92 Å². The molecule has 5 heteroatoms. The highest BCUT2D eigenvalue weighted by Crippen LogP contribution is 2.22. The van der Waals surface area contributed by atoms with Gasteiger partial charge in [0.25, 0.3) is 0 Å². The Hall–Kier alpha value is -2.14. The van der Waals surface area contributed by atoms with Crippen LogP contribution < -0.4 is 0 Å². The summed E-state index contributed by atoms with van der Waals surface area (Å²) in [5.74, 6) is 0.307. The zero-order chi connectivity index (χ0) is 18.7. The molecule has 0 spiro atoms. The van der Waals surface area contributed by atoms with E-state index in [1.54, 1.807) is 4.90 Å². The molecule has 4 nitrogen and oxygen atoms in total. The number of hydrogen-bond acceptors (Lipinski definition) is 3. The van der Waals surface area contributed by atoms with Gasteiger partial charge < -0.3 is 4.90 Å². The Morgan fingerprint density at radius 3 is 2.15 bits per heavy atom. The number of rotatable bonds is 6. The maximum absolute atomic E-state index is 12.4. The summed E-state index contributed by atoms with van der Waals surface area (Å²) in [6.45, 7) is 4.46. The maximum Gasteiger partial charge on any atom is 0.227 e. The first-order valence-electron chi connectivity index (χ1n) is 8.99. The second kappa shape index (κ2) is 7.62. The number of nitrogens with zero attached hydrogens (tertiary/aromatic N) is 1. The number of carbonyl (C=O) groups excluding carboxylic acids is 1. The third kappa shape index (κ3) is 4.33. The van der Waals surface area contributed by atoms with Crippen molar-refractivity contribution >= 4 is 15.7 Å². The number of hydrogen-bond donors (Lipinski definition) is 0. The maximum atomic E-state index is 12.4. The van der Waals surface area contributed by atoms with Gasteiger partial charge in [0.1, 0.15) is 0 Å². The molecule has 1 heterocycles. The van der Waals surface area contributed by atoms with Crippen LogP contribution in [0.1, 0.15) is 19.4 Å². The Balaban J connectivity index is 1.55. The fourth-order valence-electron chi connectivity index (χ4n) is 3.20. The molecule has 0 aliphatic carbocycles. The second-order valence-corrected chi connectivity index (χ2v) is 9.71. The van der Waals surface area contributed by atoms with Crippen LogP contribution in [0.2, 0.25) is 0 Å². The molecule has 0 unspecified atom stereocenters. The van der Waals surface area contributed by atoms with Crippen LogP contribution in [0.15, 0.2) is 54.6 Å². The summed E-state index contributed by atoms with van der Waals surface area (Å²) in [5.41, 5.74) is 3.21. The molecule has 26 heavy (non-hydrogen) atoms. The van der Waals surface area contributed by atoms with Crippen molar-refractivity contribution in [2.24, 2.45) is 5.92 Å². The van der Waals surface area contributed by atoms with E-state index in [1.165, 1.54) is 0 Å². The van der Waals surface area contributed by atoms with Gasteiger partial charge in [-0.05, 0) is 22.6 Å². The summed E-state index contributed by atoms with van der Waals surface area (Å²) < 4.78 is 24.4. The summed E-state index contributed by atoms with van der Waals surface area (Å²) in [5, 5.41) is -0.394. The number of amides is 1. The number of likely N-dealkylation sites (tertiary alicyclic amines) is 1. The van der Waals surface area contributed by atoms with E-state index in [-0.39, 0.29) is 17.6 Å². The molecular weight excluding hydrogens is 346 g/mol. The van der Waals surface area contributed by atoms with Gasteiger partial charge in [-0.25, -0.2) is 8.42 Å². The highest BCUT2D eigenvalue weighted by atomic mass is 32.2. The van der Waals surface area contributed by atoms with E-state index in [9.17, 15) is 13.2 Å². The Morgan fingerprint density at radius 1 is 1.00 bits per heavy atom. The van der Waals surface area contributed by atoms with Gasteiger partial charge in [-0.2, -0.15) is 0 Å². The average molecular weight is 372 g/mol. The van der Waals surface area contributed by atoms with Crippen molar-refractivity contribution in [2.45, 2.75) is 25.5 Å². The third-order valence-electron chi connectivity index (χ3n) is 4.69. The fraction of sp³-hybridized carbons (Fsp3) is 0.381. The molecule has 1 aliphatic rings. The fourth-order valence-corrected chi connectivity index (χ4v) is 5.22. The van der Waals surface area contributed by atoms with Crippen LogP contribution in [0.5, 0.6) is 0 Å². The van der Waals surface area contributed by atoms with E-state index < -0.39 is 15.1 Å². The Morgan fingerprint density at radius 2 is 1.58 bits per heavy atom. The van der Waals surface area contributed by atoms with Gasteiger partial charge in [-0.1, -0.05) is 68.4 Å². The molecule has 1 fully saturated rings. The second-order valence-electron chi connectivity index (χ2n) is 7.38. The molecule has 2 aromatic carbocycles. The molecule has 3 rings (SSSR count). The molecule has 0 radical (unpaired) electrons. The lowest BCUT2D eigenvalue weighted by atomic mass is 10.0. The van der Waals surface area contributed by atoms with Crippen molar-refractivity contribution in [3.05, 3.63) is 60.2 Å². The van der Waals surface area contributed by atoms with Gasteiger partial charge in [-0.3, -0.25) is 4.79 Å². The minimum absolute atomic E-state index is 0.00606. The monoisotopic (exact) mass is 371 g/mol. The summed E-state index contributed by atoms with van der Waals surface area (Å²) >= 11 is 0. The van der Waals surface area contributed by atoms with Crippen LogP contribution in [-0.4, -0.2) is 43.3 Å². The highest BCUT2D eigenvalue weighted by molar-refractivity contribution is 7.92. The van der Waals surface area contributed by atoms with Crippen LogP contribution in [0.4, 0.5) is 0 Å². The zero-order valence-electron chi connectivity index (χ0n) is 15.3. The molecule has 1 aliphatic heterocycles. The van der Waals surface area contributed by atoms with Crippen molar-refractivity contribution in [1.29, 1.82) is 0 Å².